The molecular weight excluding hydrogens is 188 g/mol. The highest BCUT2D eigenvalue weighted by Gasteiger charge is 2.54. The molecule has 0 spiro atoms. The zero-order valence-corrected chi connectivity index (χ0v) is 10.8. The molecule has 0 amide bonds. The zero-order chi connectivity index (χ0) is 11.7. The Balaban J connectivity index is 2.87. The van der Waals surface area contributed by atoms with Crippen molar-refractivity contribution in [3.05, 3.63) is 0 Å². The lowest BCUT2D eigenvalue weighted by molar-refractivity contribution is -0.187. The van der Waals surface area contributed by atoms with Crippen molar-refractivity contribution >= 4 is 0 Å². The van der Waals surface area contributed by atoms with E-state index in [0.717, 1.165) is 25.9 Å². The van der Waals surface area contributed by atoms with Gasteiger partial charge in [0.1, 0.15) is 0 Å². The molecule has 0 aliphatic heterocycles. The van der Waals surface area contributed by atoms with Gasteiger partial charge in [0.05, 0.1) is 11.2 Å². The normalized spacial score (nSPS) is 37.2. The van der Waals surface area contributed by atoms with Crippen LogP contribution in [-0.2, 0) is 4.74 Å². The second kappa shape index (κ2) is 4.42. The van der Waals surface area contributed by atoms with Crippen molar-refractivity contribution in [3.8, 4) is 0 Å². The van der Waals surface area contributed by atoms with Crippen molar-refractivity contribution < 1.29 is 9.84 Å². The SMILES string of the molecule is CCCOC1(C(C)(C)O)CCC(C)C1C. The van der Waals surface area contributed by atoms with Crippen LogP contribution in [0.4, 0.5) is 0 Å². The summed E-state index contributed by atoms with van der Waals surface area (Å²) in [5, 5.41) is 10.4. The molecule has 0 heterocycles. The van der Waals surface area contributed by atoms with Crippen LogP contribution in [0.1, 0.15) is 53.9 Å². The maximum Gasteiger partial charge on any atom is 0.0990 e. The summed E-state index contributed by atoms with van der Waals surface area (Å²) in [6.45, 7) is 11.1. The summed E-state index contributed by atoms with van der Waals surface area (Å²) in [5.41, 5.74) is -1.07. The van der Waals surface area contributed by atoms with E-state index in [1.807, 2.05) is 13.8 Å². The minimum Gasteiger partial charge on any atom is -0.387 e. The molecule has 1 saturated carbocycles. The summed E-state index contributed by atoms with van der Waals surface area (Å²) in [5.74, 6) is 1.08. The van der Waals surface area contributed by atoms with E-state index < -0.39 is 5.60 Å². The summed E-state index contributed by atoms with van der Waals surface area (Å²) in [4.78, 5) is 0. The topological polar surface area (TPSA) is 29.5 Å². The standard InChI is InChI=1S/C13H26O2/c1-6-9-15-13(12(4,5)14)8-7-10(2)11(13)3/h10-11,14H,6-9H2,1-5H3. The Labute approximate surface area is 94.0 Å². The van der Waals surface area contributed by atoms with E-state index in [2.05, 4.69) is 20.8 Å². The van der Waals surface area contributed by atoms with Crippen molar-refractivity contribution in [1.29, 1.82) is 0 Å². The zero-order valence-electron chi connectivity index (χ0n) is 10.8. The average molecular weight is 214 g/mol. The van der Waals surface area contributed by atoms with Gasteiger partial charge in [0.25, 0.3) is 0 Å². The van der Waals surface area contributed by atoms with Crippen molar-refractivity contribution in [3.63, 3.8) is 0 Å². The first-order chi connectivity index (χ1) is 6.85. The van der Waals surface area contributed by atoms with E-state index in [1.165, 1.54) is 0 Å². The van der Waals surface area contributed by atoms with Crippen LogP contribution in [0.5, 0.6) is 0 Å². The Bertz CT molecular complexity index is 207. The molecule has 15 heavy (non-hydrogen) atoms. The lowest BCUT2D eigenvalue weighted by Crippen LogP contribution is -2.54. The van der Waals surface area contributed by atoms with Crippen LogP contribution in [-0.4, -0.2) is 22.9 Å². The molecule has 0 aromatic carbocycles. The summed E-state index contributed by atoms with van der Waals surface area (Å²) in [6.07, 6.45) is 3.16. The smallest absolute Gasteiger partial charge is 0.0990 e. The highest BCUT2D eigenvalue weighted by molar-refractivity contribution is 5.05. The predicted octanol–water partition coefficient (Wildman–Crippen LogP) is 2.99. The van der Waals surface area contributed by atoms with Crippen LogP contribution in [0.25, 0.3) is 0 Å². The van der Waals surface area contributed by atoms with E-state index in [9.17, 15) is 5.11 Å². The number of aliphatic hydroxyl groups is 1. The van der Waals surface area contributed by atoms with Gasteiger partial charge < -0.3 is 9.84 Å². The van der Waals surface area contributed by atoms with Crippen LogP contribution in [0.3, 0.4) is 0 Å². The number of hydrogen-bond acceptors (Lipinski definition) is 2. The number of hydrogen-bond donors (Lipinski definition) is 1. The van der Waals surface area contributed by atoms with Crippen molar-refractivity contribution in [2.75, 3.05) is 6.61 Å². The molecule has 1 fully saturated rings. The monoisotopic (exact) mass is 214 g/mol. The molecule has 1 rings (SSSR count). The Morgan fingerprint density at radius 3 is 2.33 bits per heavy atom. The van der Waals surface area contributed by atoms with Gasteiger partial charge in [-0.05, 0) is 44.9 Å². The Kier molecular flexibility index (Phi) is 3.83. The van der Waals surface area contributed by atoms with Gasteiger partial charge >= 0.3 is 0 Å². The highest BCUT2D eigenvalue weighted by atomic mass is 16.5. The number of ether oxygens (including phenoxy) is 1. The first-order valence-corrected chi connectivity index (χ1v) is 6.21. The summed E-state index contributed by atoms with van der Waals surface area (Å²) < 4.78 is 6.04. The molecule has 1 aliphatic rings. The van der Waals surface area contributed by atoms with E-state index in [0.29, 0.717) is 11.8 Å². The molecule has 2 heteroatoms. The van der Waals surface area contributed by atoms with E-state index in [4.69, 9.17) is 4.74 Å². The van der Waals surface area contributed by atoms with Gasteiger partial charge in [-0.3, -0.25) is 0 Å². The summed E-state index contributed by atoms with van der Waals surface area (Å²) >= 11 is 0. The fourth-order valence-electron chi connectivity index (χ4n) is 2.91. The molecule has 0 aromatic rings. The highest BCUT2D eigenvalue weighted by Crippen LogP contribution is 2.48. The third-order valence-electron chi connectivity index (χ3n) is 4.16. The van der Waals surface area contributed by atoms with Gasteiger partial charge in [-0.15, -0.1) is 0 Å². The minimum atomic E-state index is -0.744. The largest absolute Gasteiger partial charge is 0.387 e. The average Bonchev–Trinajstić information content (AvgIpc) is 2.42. The molecular formula is C13H26O2. The molecule has 0 aromatic heterocycles. The van der Waals surface area contributed by atoms with E-state index in [-0.39, 0.29) is 5.60 Å². The molecule has 90 valence electrons. The van der Waals surface area contributed by atoms with Crippen LogP contribution >= 0.6 is 0 Å². The molecule has 3 unspecified atom stereocenters. The maximum absolute atomic E-state index is 10.4. The lowest BCUT2D eigenvalue weighted by Gasteiger charge is -2.44. The van der Waals surface area contributed by atoms with Crippen LogP contribution < -0.4 is 0 Å². The first-order valence-electron chi connectivity index (χ1n) is 6.21. The lowest BCUT2D eigenvalue weighted by atomic mass is 9.76. The van der Waals surface area contributed by atoms with Crippen molar-refractivity contribution in [1.82, 2.24) is 0 Å². The van der Waals surface area contributed by atoms with Gasteiger partial charge in [0, 0.05) is 6.61 Å². The van der Waals surface area contributed by atoms with Crippen molar-refractivity contribution in [2.45, 2.75) is 65.1 Å². The quantitative estimate of drug-likeness (QED) is 0.779. The fourth-order valence-corrected chi connectivity index (χ4v) is 2.91. The van der Waals surface area contributed by atoms with Gasteiger partial charge in [-0.1, -0.05) is 20.8 Å². The van der Waals surface area contributed by atoms with Gasteiger partial charge in [0.15, 0.2) is 0 Å². The molecule has 1 aliphatic carbocycles. The van der Waals surface area contributed by atoms with Crippen LogP contribution in [0, 0.1) is 11.8 Å². The molecule has 0 bridgehead atoms. The fraction of sp³-hybridized carbons (Fsp3) is 1.00. The predicted molar refractivity (Wildman–Crippen MR) is 62.8 cm³/mol. The first kappa shape index (κ1) is 13.0. The van der Waals surface area contributed by atoms with E-state index in [1.54, 1.807) is 0 Å². The van der Waals surface area contributed by atoms with Gasteiger partial charge in [-0.25, -0.2) is 0 Å². The molecule has 3 atom stereocenters. The second-order valence-corrected chi connectivity index (χ2v) is 5.60. The molecule has 0 radical (unpaired) electrons. The second-order valence-electron chi connectivity index (χ2n) is 5.60. The third-order valence-corrected chi connectivity index (χ3v) is 4.16. The van der Waals surface area contributed by atoms with Crippen molar-refractivity contribution in [2.24, 2.45) is 11.8 Å². The minimum absolute atomic E-state index is 0.331. The molecule has 1 N–H and O–H groups in total. The van der Waals surface area contributed by atoms with Crippen LogP contribution in [0.2, 0.25) is 0 Å². The van der Waals surface area contributed by atoms with Crippen LogP contribution in [0.15, 0.2) is 0 Å². The maximum atomic E-state index is 10.4. The third kappa shape index (κ3) is 2.21. The van der Waals surface area contributed by atoms with Gasteiger partial charge in [0.2, 0.25) is 0 Å². The number of rotatable bonds is 4. The molecule has 0 saturated heterocycles. The summed E-state index contributed by atoms with van der Waals surface area (Å²) in [7, 11) is 0. The van der Waals surface area contributed by atoms with Gasteiger partial charge in [-0.2, -0.15) is 0 Å². The van der Waals surface area contributed by atoms with E-state index >= 15 is 0 Å². The Morgan fingerprint density at radius 2 is 2.00 bits per heavy atom. The summed E-state index contributed by atoms with van der Waals surface area (Å²) in [6, 6.07) is 0. The molecule has 2 nitrogen and oxygen atoms in total. The Morgan fingerprint density at radius 1 is 1.40 bits per heavy atom. The Hall–Kier alpha value is -0.0800.